The van der Waals surface area contributed by atoms with E-state index in [1.165, 1.54) is 16.1 Å². The summed E-state index contributed by atoms with van der Waals surface area (Å²) in [4.78, 5) is 1.76. The van der Waals surface area contributed by atoms with Crippen LogP contribution in [0, 0.1) is 0 Å². The summed E-state index contributed by atoms with van der Waals surface area (Å²) in [5.74, 6) is 0.180. The largest absolute Gasteiger partial charge is 0.507 e. The highest BCUT2D eigenvalue weighted by Gasteiger charge is 2.22. The van der Waals surface area contributed by atoms with E-state index < -0.39 is 0 Å². The Hall–Kier alpha value is -3.02. The number of phenolic OH excluding ortho intramolecular Hbond substituents is 1. The van der Waals surface area contributed by atoms with Gasteiger partial charge in [-0.1, -0.05) is 66.4 Å². The van der Waals surface area contributed by atoms with Crippen molar-refractivity contribution in [3.05, 3.63) is 96.1 Å². The Morgan fingerprint density at radius 3 is 2.52 bits per heavy atom. The van der Waals surface area contributed by atoms with Gasteiger partial charge in [0.1, 0.15) is 16.1 Å². The van der Waals surface area contributed by atoms with Crippen molar-refractivity contribution >= 4 is 51.1 Å². The highest BCUT2D eigenvalue weighted by Crippen LogP contribution is 2.46. The lowest BCUT2D eigenvalue weighted by Crippen LogP contribution is -2.10. The van der Waals surface area contributed by atoms with Crippen molar-refractivity contribution in [3.8, 4) is 5.75 Å². The summed E-state index contributed by atoms with van der Waals surface area (Å²) < 4.78 is 0. The average Bonchev–Trinajstić information content (AvgIpc) is 3.18. The molecule has 4 aromatic rings. The monoisotopic (exact) mass is 414 g/mol. The van der Waals surface area contributed by atoms with Gasteiger partial charge in [0.05, 0.1) is 5.56 Å². The molecule has 5 heteroatoms. The zero-order valence-electron chi connectivity index (χ0n) is 15.4. The van der Waals surface area contributed by atoms with Crippen molar-refractivity contribution in [2.24, 2.45) is 0 Å². The van der Waals surface area contributed by atoms with Crippen molar-refractivity contribution in [1.29, 1.82) is 0 Å². The first-order valence-corrected chi connectivity index (χ1v) is 10.6. The fraction of sp³-hybridized carbons (Fsp3) is 0.0417. The fourth-order valence-corrected chi connectivity index (χ4v) is 4.92. The smallest absolute Gasteiger partial charge is 0.126 e. The molecule has 1 unspecified atom stereocenters. The second-order valence-electron chi connectivity index (χ2n) is 6.93. The van der Waals surface area contributed by atoms with Crippen LogP contribution in [0.2, 0.25) is 0 Å². The minimum Gasteiger partial charge on any atom is -0.507 e. The second-order valence-corrected chi connectivity index (χ2v) is 8.49. The van der Waals surface area contributed by atoms with Gasteiger partial charge in [0.25, 0.3) is 0 Å². The Labute approximate surface area is 178 Å². The molecule has 3 nitrogen and oxygen atoms in total. The van der Waals surface area contributed by atoms with Crippen LogP contribution in [-0.4, -0.2) is 10.1 Å². The molecule has 0 saturated carbocycles. The number of benzene rings is 4. The third-order valence-corrected chi connectivity index (χ3v) is 6.53. The van der Waals surface area contributed by atoms with Crippen molar-refractivity contribution in [1.82, 2.24) is 0 Å². The summed E-state index contributed by atoms with van der Waals surface area (Å²) >= 11 is 7.37. The number of phenols is 1. The number of fused-ring (bicyclic) bond motifs is 2. The maximum atomic E-state index is 10.5. The van der Waals surface area contributed by atoms with Gasteiger partial charge in [-0.25, -0.2) is 0 Å². The molecule has 0 fully saturated rings. The Balaban J connectivity index is 1.46. The van der Waals surface area contributed by atoms with Crippen LogP contribution in [0.1, 0.15) is 16.5 Å². The van der Waals surface area contributed by atoms with E-state index >= 15 is 0 Å². The van der Waals surface area contributed by atoms with Gasteiger partial charge in [0.2, 0.25) is 0 Å². The summed E-state index contributed by atoms with van der Waals surface area (Å²) in [5.41, 5.74) is 3.89. The van der Waals surface area contributed by atoms with Crippen molar-refractivity contribution < 1.29 is 5.11 Å². The van der Waals surface area contributed by atoms with Crippen molar-refractivity contribution in [2.75, 3.05) is 10.6 Å². The van der Waals surface area contributed by atoms with Gasteiger partial charge in [0.15, 0.2) is 0 Å². The number of thioether (sulfide) groups is 1. The number of rotatable bonds is 3. The van der Waals surface area contributed by atoms with E-state index in [-0.39, 0.29) is 11.1 Å². The van der Waals surface area contributed by atoms with Crippen molar-refractivity contribution in [2.45, 2.75) is 10.3 Å². The number of aromatic hydroxyl groups is 1. The number of anilines is 2. The number of hydrogen-bond acceptors (Lipinski definition) is 4. The number of para-hydroxylation sites is 2. The molecule has 1 aliphatic rings. The van der Waals surface area contributed by atoms with Gasteiger partial charge < -0.3 is 15.7 Å². The van der Waals surface area contributed by atoms with Gasteiger partial charge in [-0.05, 0) is 58.8 Å². The van der Waals surface area contributed by atoms with E-state index in [0.29, 0.717) is 10.6 Å². The van der Waals surface area contributed by atoms with Gasteiger partial charge >= 0.3 is 0 Å². The first-order valence-electron chi connectivity index (χ1n) is 9.33. The highest BCUT2D eigenvalue weighted by atomic mass is 32.2. The minimum atomic E-state index is 0.170. The van der Waals surface area contributed by atoms with Gasteiger partial charge in [-0.3, -0.25) is 0 Å². The van der Waals surface area contributed by atoms with Crippen LogP contribution < -0.4 is 10.6 Å². The molecule has 29 heavy (non-hydrogen) atoms. The third-order valence-electron chi connectivity index (χ3n) is 4.98. The maximum Gasteiger partial charge on any atom is 0.126 e. The lowest BCUT2D eigenvalue weighted by molar-refractivity contribution is 0.475. The lowest BCUT2D eigenvalue weighted by Gasteiger charge is -2.14. The standard InChI is InChI=1S/C24H18N2OS2/c27-21-14-15-10-11-16(24-26-20-8-4-5-9-22(20)29-24)12-17(15)13-19(21)23(28)25-18-6-2-1-3-7-18/h1-14,24,26-27H,(H,25,28). The number of hydrogen-bond donors (Lipinski definition) is 3. The fourth-order valence-electron chi connectivity index (χ4n) is 3.51. The number of thiocarbonyl (C=S) groups is 1. The Morgan fingerprint density at radius 1 is 0.897 bits per heavy atom. The Bertz CT molecular complexity index is 1200. The molecule has 0 aromatic heterocycles. The molecule has 0 amide bonds. The van der Waals surface area contributed by atoms with E-state index in [1.807, 2.05) is 60.3 Å². The SMILES string of the molecule is Oc1cc2ccc(C3Nc4ccccc4S3)cc2cc1C(=S)Nc1ccccc1. The molecule has 3 N–H and O–H groups in total. The zero-order valence-corrected chi connectivity index (χ0v) is 17.1. The molecule has 4 aromatic carbocycles. The zero-order chi connectivity index (χ0) is 19.8. The molecule has 142 valence electrons. The number of nitrogens with one attached hydrogen (secondary N) is 2. The summed E-state index contributed by atoms with van der Waals surface area (Å²) in [6.45, 7) is 0. The van der Waals surface area contributed by atoms with E-state index in [1.54, 1.807) is 6.07 Å². The summed E-state index contributed by atoms with van der Waals surface area (Å²) in [5, 5.41) is 19.5. The van der Waals surface area contributed by atoms with Gasteiger partial charge in [-0.15, -0.1) is 0 Å². The van der Waals surface area contributed by atoms with E-state index in [0.717, 1.165) is 16.5 Å². The topological polar surface area (TPSA) is 44.3 Å². The molecule has 0 aliphatic carbocycles. The molecule has 1 atom stereocenters. The van der Waals surface area contributed by atoms with Crippen LogP contribution in [0.5, 0.6) is 5.75 Å². The normalized spacial score (nSPS) is 15.0. The van der Waals surface area contributed by atoms with Crippen LogP contribution in [0.4, 0.5) is 11.4 Å². The molecule has 0 spiro atoms. The van der Waals surface area contributed by atoms with E-state index in [2.05, 4.69) is 41.0 Å². The van der Waals surface area contributed by atoms with Crippen LogP contribution in [-0.2, 0) is 0 Å². The van der Waals surface area contributed by atoms with Crippen LogP contribution in [0.3, 0.4) is 0 Å². The molecule has 5 rings (SSSR count). The van der Waals surface area contributed by atoms with Gasteiger partial charge in [0, 0.05) is 16.3 Å². The first-order chi connectivity index (χ1) is 14.2. The van der Waals surface area contributed by atoms with E-state index in [4.69, 9.17) is 12.2 Å². The summed E-state index contributed by atoms with van der Waals surface area (Å²) in [7, 11) is 0. The summed E-state index contributed by atoms with van der Waals surface area (Å²) in [6, 6.07) is 28.1. The lowest BCUT2D eigenvalue weighted by atomic mass is 10.0. The predicted molar refractivity (Wildman–Crippen MR) is 126 cm³/mol. The quantitative estimate of drug-likeness (QED) is 0.332. The minimum absolute atomic E-state index is 0.170. The molecule has 0 bridgehead atoms. The van der Waals surface area contributed by atoms with Crippen molar-refractivity contribution in [3.63, 3.8) is 0 Å². The molecule has 0 saturated heterocycles. The molecular formula is C24H18N2OS2. The predicted octanol–water partition coefficient (Wildman–Crippen LogP) is 6.55. The Kier molecular flexibility index (Phi) is 4.62. The molecular weight excluding hydrogens is 396 g/mol. The Morgan fingerprint density at radius 2 is 1.69 bits per heavy atom. The van der Waals surface area contributed by atoms with E-state index in [9.17, 15) is 5.11 Å². The first kappa shape index (κ1) is 18.0. The second kappa shape index (κ2) is 7.43. The summed E-state index contributed by atoms with van der Waals surface area (Å²) in [6.07, 6.45) is 0. The molecule has 1 heterocycles. The molecule has 1 aliphatic heterocycles. The van der Waals surface area contributed by atoms with Crippen LogP contribution in [0.15, 0.2) is 89.8 Å². The maximum absolute atomic E-state index is 10.5. The van der Waals surface area contributed by atoms with Gasteiger partial charge in [-0.2, -0.15) is 0 Å². The molecule has 0 radical (unpaired) electrons. The third kappa shape index (κ3) is 3.55. The van der Waals surface area contributed by atoms with Crippen LogP contribution in [0.25, 0.3) is 10.8 Å². The van der Waals surface area contributed by atoms with Crippen LogP contribution >= 0.6 is 24.0 Å². The average molecular weight is 415 g/mol. The highest BCUT2D eigenvalue weighted by molar-refractivity contribution is 8.00.